The molecule has 2 unspecified atom stereocenters. The number of nitrogens with two attached hydrogens (primary N) is 1. The van der Waals surface area contributed by atoms with E-state index in [1.165, 1.54) is 6.07 Å². The van der Waals surface area contributed by atoms with Gasteiger partial charge in [-0.3, -0.25) is 0 Å². The summed E-state index contributed by atoms with van der Waals surface area (Å²) >= 11 is 0. The van der Waals surface area contributed by atoms with E-state index in [0.29, 0.717) is 11.7 Å². The fraction of sp³-hybridized carbons (Fsp3) is 0.625. The minimum absolute atomic E-state index is 0.206. The van der Waals surface area contributed by atoms with Gasteiger partial charge in [-0.25, -0.2) is 4.39 Å². The number of benzene rings is 1. The van der Waals surface area contributed by atoms with E-state index in [9.17, 15) is 4.39 Å². The van der Waals surface area contributed by atoms with Crippen LogP contribution in [0.2, 0.25) is 0 Å². The molecule has 0 spiro atoms. The Balaban J connectivity index is 1.81. The van der Waals surface area contributed by atoms with Crippen LogP contribution < -0.4 is 5.73 Å². The third-order valence-electron chi connectivity index (χ3n) is 3.99. The molecule has 0 aliphatic carbocycles. The molecule has 0 amide bonds. The van der Waals surface area contributed by atoms with Crippen LogP contribution in [0.15, 0.2) is 24.3 Å². The fourth-order valence-corrected chi connectivity index (χ4v) is 2.71. The van der Waals surface area contributed by atoms with Gasteiger partial charge in [0.15, 0.2) is 0 Å². The number of hydrogen-bond acceptors (Lipinski definition) is 3. The first-order chi connectivity index (χ1) is 9.70. The second-order valence-corrected chi connectivity index (χ2v) is 5.44. The minimum Gasteiger partial charge on any atom is -0.377 e. The molecule has 2 rings (SSSR count). The van der Waals surface area contributed by atoms with Crippen molar-refractivity contribution in [1.29, 1.82) is 0 Å². The highest BCUT2D eigenvalue weighted by atomic mass is 19.1. The highest BCUT2D eigenvalue weighted by Gasteiger charge is 2.19. The molecular weight excluding hydrogens is 255 g/mol. The summed E-state index contributed by atoms with van der Waals surface area (Å²) in [5.74, 6) is -0.206. The summed E-state index contributed by atoms with van der Waals surface area (Å²) < 4.78 is 19.3. The van der Waals surface area contributed by atoms with E-state index >= 15 is 0 Å². The number of rotatable bonds is 7. The zero-order valence-corrected chi connectivity index (χ0v) is 12.2. The maximum absolute atomic E-state index is 13.7. The molecule has 2 atom stereocenters. The van der Waals surface area contributed by atoms with Gasteiger partial charge in [-0.2, -0.15) is 0 Å². The number of likely N-dealkylation sites (N-methyl/N-ethyl adjacent to an activating group) is 1. The van der Waals surface area contributed by atoms with Crippen LogP contribution in [0.3, 0.4) is 0 Å². The first-order valence-electron chi connectivity index (χ1n) is 7.54. The van der Waals surface area contributed by atoms with E-state index in [0.717, 1.165) is 45.5 Å². The summed E-state index contributed by atoms with van der Waals surface area (Å²) in [6.45, 7) is 5.84. The Morgan fingerprint density at radius 1 is 1.45 bits per heavy atom. The van der Waals surface area contributed by atoms with Gasteiger partial charge in [0.25, 0.3) is 0 Å². The fourth-order valence-electron chi connectivity index (χ4n) is 2.71. The lowest BCUT2D eigenvalue weighted by Gasteiger charge is -2.25. The lowest BCUT2D eigenvalue weighted by atomic mass is 10.0. The van der Waals surface area contributed by atoms with E-state index in [4.69, 9.17) is 10.5 Å². The molecule has 1 heterocycles. The molecule has 1 saturated heterocycles. The summed E-state index contributed by atoms with van der Waals surface area (Å²) in [5.41, 5.74) is 6.72. The Morgan fingerprint density at radius 2 is 2.25 bits per heavy atom. The molecule has 2 N–H and O–H groups in total. The molecule has 4 heteroatoms. The molecule has 1 aromatic carbocycles. The van der Waals surface area contributed by atoms with Crippen LogP contribution in [-0.2, 0) is 4.74 Å². The van der Waals surface area contributed by atoms with Crippen molar-refractivity contribution < 1.29 is 9.13 Å². The Kier molecular flexibility index (Phi) is 5.95. The van der Waals surface area contributed by atoms with E-state index in [1.807, 2.05) is 6.07 Å². The normalized spacial score (nSPS) is 20.5. The van der Waals surface area contributed by atoms with Crippen molar-refractivity contribution in [1.82, 2.24) is 4.90 Å². The second kappa shape index (κ2) is 7.72. The highest BCUT2D eigenvalue weighted by Crippen LogP contribution is 2.19. The van der Waals surface area contributed by atoms with E-state index in [1.54, 1.807) is 12.1 Å². The van der Waals surface area contributed by atoms with Gasteiger partial charge in [0.1, 0.15) is 5.82 Å². The van der Waals surface area contributed by atoms with Crippen molar-refractivity contribution in [3.05, 3.63) is 35.6 Å². The van der Waals surface area contributed by atoms with E-state index in [-0.39, 0.29) is 11.9 Å². The summed E-state index contributed by atoms with van der Waals surface area (Å²) in [5, 5.41) is 0. The first kappa shape index (κ1) is 15.4. The van der Waals surface area contributed by atoms with Crippen LogP contribution in [0, 0.1) is 5.82 Å². The predicted octanol–water partition coefficient (Wildman–Crippen LogP) is 2.72. The Labute approximate surface area is 120 Å². The third kappa shape index (κ3) is 4.27. The molecule has 0 radical (unpaired) electrons. The van der Waals surface area contributed by atoms with E-state index in [2.05, 4.69) is 11.8 Å². The topological polar surface area (TPSA) is 38.5 Å². The monoisotopic (exact) mass is 280 g/mol. The van der Waals surface area contributed by atoms with Crippen LogP contribution in [0.25, 0.3) is 0 Å². The number of ether oxygens (including phenoxy) is 1. The van der Waals surface area contributed by atoms with Gasteiger partial charge in [0, 0.05) is 31.3 Å². The average molecular weight is 280 g/mol. The van der Waals surface area contributed by atoms with Gasteiger partial charge >= 0.3 is 0 Å². The van der Waals surface area contributed by atoms with Crippen LogP contribution in [0.4, 0.5) is 4.39 Å². The average Bonchev–Trinajstić information content (AvgIpc) is 2.96. The van der Waals surface area contributed by atoms with Crippen LogP contribution in [0.1, 0.15) is 37.8 Å². The molecule has 0 saturated carbocycles. The molecule has 1 fully saturated rings. The Bertz CT molecular complexity index is 407. The molecule has 1 aliphatic heterocycles. The quantitative estimate of drug-likeness (QED) is 0.834. The largest absolute Gasteiger partial charge is 0.377 e. The summed E-state index contributed by atoms with van der Waals surface area (Å²) in [6, 6.07) is 6.54. The standard InChI is InChI=1S/C16H25FN2O/c1-2-19(12-13-6-5-11-20-13)10-9-16(18)14-7-3-4-8-15(14)17/h3-4,7-8,13,16H,2,5-6,9-12,18H2,1H3. The molecule has 1 aromatic rings. The summed E-state index contributed by atoms with van der Waals surface area (Å²) in [4.78, 5) is 2.34. The van der Waals surface area contributed by atoms with Gasteiger partial charge in [-0.15, -0.1) is 0 Å². The molecule has 112 valence electrons. The minimum atomic E-state index is -0.241. The SMILES string of the molecule is CCN(CCC(N)c1ccccc1F)CC1CCCO1. The van der Waals surface area contributed by atoms with Crippen molar-refractivity contribution in [2.45, 2.75) is 38.3 Å². The van der Waals surface area contributed by atoms with Crippen molar-refractivity contribution >= 4 is 0 Å². The number of halogens is 1. The zero-order chi connectivity index (χ0) is 14.4. The summed E-state index contributed by atoms with van der Waals surface area (Å²) in [6.07, 6.45) is 3.44. The molecule has 1 aliphatic rings. The van der Waals surface area contributed by atoms with Crippen molar-refractivity contribution in [3.8, 4) is 0 Å². The van der Waals surface area contributed by atoms with Gasteiger partial charge in [-0.05, 0) is 31.9 Å². The molecule has 20 heavy (non-hydrogen) atoms. The maximum Gasteiger partial charge on any atom is 0.127 e. The molecule has 3 nitrogen and oxygen atoms in total. The number of hydrogen-bond donors (Lipinski definition) is 1. The van der Waals surface area contributed by atoms with Crippen molar-refractivity contribution in [2.75, 3.05) is 26.2 Å². The van der Waals surface area contributed by atoms with Gasteiger partial charge in [0.2, 0.25) is 0 Å². The van der Waals surface area contributed by atoms with Crippen LogP contribution in [0.5, 0.6) is 0 Å². The third-order valence-corrected chi connectivity index (χ3v) is 3.99. The molecule has 0 bridgehead atoms. The summed E-state index contributed by atoms with van der Waals surface area (Å²) in [7, 11) is 0. The zero-order valence-electron chi connectivity index (χ0n) is 12.2. The lowest BCUT2D eigenvalue weighted by Crippen LogP contribution is -2.34. The Hall–Kier alpha value is -0.970. The van der Waals surface area contributed by atoms with Gasteiger partial charge in [-0.1, -0.05) is 25.1 Å². The molecule has 0 aromatic heterocycles. The van der Waals surface area contributed by atoms with Crippen molar-refractivity contribution in [3.63, 3.8) is 0 Å². The Morgan fingerprint density at radius 3 is 2.90 bits per heavy atom. The first-order valence-corrected chi connectivity index (χ1v) is 7.54. The van der Waals surface area contributed by atoms with Crippen LogP contribution in [-0.4, -0.2) is 37.2 Å². The maximum atomic E-state index is 13.7. The van der Waals surface area contributed by atoms with Gasteiger partial charge < -0.3 is 15.4 Å². The second-order valence-electron chi connectivity index (χ2n) is 5.44. The number of nitrogens with zero attached hydrogens (tertiary/aromatic N) is 1. The molecular formula is C16H25FN2O. The smallest absolute Gasteiger partial charge is 0.127 e. The van der Waals surface area contributed by atoms with Gasteiger partial charge in [0.05, 0.1) is 6.10 Å². The van der Waals surface area contributed by atoms with Crippen molar-refractivity contribution in [2.24, 2.45) is 5.73 Å². The van der Waals surface area contributed by atoms with E-state index < -0.39 is 0 Å². The van der Waals surface area contributed by atoms with Crippen LogP contribution >= 0.6 is 0 Å². The predicted molar refractivity (Wildman–Crippen MR) is 79.0 cm³/mol. The lowest BCUT2D eigenvalue weighted by molar-refractivity contribution is 0.0738. The highest BCUT2D eigenvalue weighted by molar-refractivity contribution is 5.20.